The number of piperidine rings is 1. The molecule has 1 aromatic heterocycles. The number of carboxylic acids is 1. The van der Waals surface area contributed by atoms with Gasteiger partial charge in [-0.1, -0.05) is 12.1 Å². The number of H-pyrrole nitrogens is 2. The van der Waals surface area contributed by atoms with Crippen LogP contribution in [0.25, 0.3) is 5.69 Å². The van der Waals surface area contributed by atoms with Crippen molar-refractivity contribution in [2.75, 3.05) is 29.7 Å². The molecule has 37 heavy (non-hydrogen) atoms. The van der Waals surface area contributed by atoms with Crippen LogP contribution in [0.2, 0.25) is 0 Å². The Balaban J connectivity index is 1.48. The molecule has 1 aliphatic heterocycles. The lowest BCUT2D eigenvalue weighted by Gasteiger charge is -2.35. The fraction of sp³-hybridized carbons (Fsp3) is 0.304. The number of aromatic nitrogens is 3. The molecule has 0 spiro atoms. The third-order valence-electron chi connectivity index (χ3n) is 5.65. The van der Waals surface area contributed by atoms with Crippen LogP contribution < -0.4 is 19.7 Å². The molecule has 5 N–H and O–H groups in total. The van der Waals surface area contributed by atoms with Crippen LogP contribution in [0.4, 0.5) is 11.4 Å². The normalized spacial score (nSPS) is 15.9. The average Bonchev–Trinajstić information content (AvgIpc) is 3.16. The molecule has 2 aromatic carbocycles. The lowest BCUT2D eigenvalue weighted by molar-refractivity contribution is -0.136. The Kier molecular flexibility index (Phi) is 8.32. The summed E-state index contributed by atoms with van der Waals surface area (Å²) >= 11 is 10.5. The van der Waals surface area contributed by atoms with Crippen LogP contribution in [0.3, 0.4) is 0 Å². The van der Waals surface area contributed by atoms with Gasteiger partial charge in [0.15, 0.2) is 16.3 Å². The maximum Gasteiger partial charge on any atom is 0.307 e. The molecule has 3 aromatic rings. The SMILES string of the molecule is CS(=O)(=O)NC1[CH]N(c2cc(OCNc3cccc(-n4c(=S)[nH][nH]c4=S)c3)ccc2CC(=O)O)CCC1. The molecule has 1 atom stereocenters. The predicted molar refractivity (Wildman–Crippen MR) is 146 cm³/mol. The second kappa shape index (κ2) is 11.5. The van der Waals surface area contributed by atoms with Crippen LogP contribution in [-0.4, -0.2) is 59.8 Å². The number of hydrogen-bond acceptors (Lipinski definition) is 8. The van der Waals surface area contributed by atoms with Crippen molar-refractivity contribution >= 4 is 51.8 Å². The number of anilines is 2. The van der Waals surface area contributed by atoms with Crippen LogP contribution in [-0.2, 0) is 21.2 Å². The van der Waals surface area contributed by atoms with E-state index >= 15 is 0 Å². The lowest BCUT2D eigenvalue weighted by atomic mass is 10.0. The van der Waals surface area contributed by atoms with E-state index in [0.717, 1.165) is 24.1 Å². The van der Waals surface area contributed by atoms with E-state index in [1.165, 1.54) is 0 Å². The van der Waals surface area contributed by atoms with Gasteiger partial charge in [0.1, 0.15) is 5.75 Å². The minimum atomic E-state index is -3.38. The van der Waals surface area contributed by atoms with Gasteiger partial charge in [-0.3, -0.25) is 19.6 Å². The Labute approximate surface area is 224 Å². The number of ether oxygens (including phenoxy) is 1. The Hall–Kier alpha value is -3.20. The summed E-state index contributed by atoms with van der Waals surface area (Å²) in [4.78, 5) is 13.3. The number of aliphatic carboxylic acids is 1. The summed E-state index contributed by atoms with van der Waals surface area (Å²) in [5, 5.41) is 18.2. The molecule has 1 saturated heterocycles. The molecule has 0 aliphatic carbocycles. The molecular formula is C23H27N6O5S3. The second-order valence-corrected chi connectivity index (χ2v) is 11.1. The number of nitrogens with zero attached hydrogens (tertiary/aromatic N) is 2. The molecule has 1 aliphatic rings. The summed E-state index contributed by atoms with van der Waals surface area (Å²) in [6.07, 6.45) is 2.36. The van der Waals surface area contributed by atoms with Gasteiger partial charge in [-0.25, -0.2) is 13.1 Å². The van der Waals surface area contributed by atoms with Crippen LogP contribution in [0.5, 0.6) is 5.75 Å². The Morgan fingerprint density at radius 3 is 2.65 bits per heavy atom. The number of aromatic amines is 2. The summed E-state index contributed by atoms with van der Waals surface area (Å²) in [5.41, 5.74) is 2.85. The zero-order valence-electron chi connectivity index (χ0n) is 19.9. The summed E-state index contributed by atoms with van der Waals surface area (Å²) in [6.45, 7) is 2.57. The number of sulfonamides is 1. The van der Waals surface area contributed by atoms with Gasteiger partial charge in [0.2, 0.25) is 10.0 Å². The first-order valence-corrected chi connectivity index (χ1v) is 14.1. The van der Waals surface area contributed by atoms with Gasteiger partial charge in [0.25, 0.3) is 0 Å². The number of carbonyl (C=O) groups is 1. The van der Waals surface area contributed by atoms with Crippen molar-refractivity contribution < 1.29 is 23.1 Å². The predicted octanol–water partition coefficient (Wildman–Crippen LogP) is 3.35. The average molecular weight is 564 g/mol. The number of benzene rings is 2. The number of hydrogen-bond donors (Lipinski definition) is 5. The zero-order valence-corrected chi connectivity index (χ0v) is 22.4. The van der Waals surface area contributed by atoms with Gasteiger partial charge in [0.05, 0.1) is 24.9 Å². The first-order chi connectivity index (χ1) is 17.6. The van der Waals surface area contributed by atoms with E-state index in [-0.39, 0.29) is 19.2 Å². The topological polar surface area (TPSA) is 144 Å². The van der Waals surface area contributed by atoms with Gasteiger partial charge in [-0.2, -0.15) is 0 Å². The highest BCUT2D eigenvalue weighted by molar-refractivity contribution is 7.88. The van der Waals surface area contributed by atoms with Gasteiger partial charge in [0, 0.05) is 30.0 Å². The van der Waals surface area contributed by atoms with E-state index in [2.05, 4.69) is 20.2 Å². The van der Waals surface area contributed by atoms with Gasteiger partial charge >= 0.3 is 5.97 Å². The highest BCUT2D eigenvalue weighted by Crippen LogP contribution is 2.31. The first kappa shape index (κ1) is 26.9. The summed E-state index contributed by atoms with van der Waals surface area (Å²) in [6, 6.07) is 12.4. The third kappa shape index (κ3) is 7.19. The van der Waals surface area contributed by atoms with Crippen LogP contribution in [0.1, 0.15) is 18.4 Å². The molecule has 1 unspecified atom stereocenters. The highest BCUT2D eigenvalue weighted by atomic mass is 32.2. The molecule has 2 heterocycles. The molecule has 14 heteroatoms. The van der Waals surface area contributed by atoms with E-state index in [4.69, 9.17) is 29.2 Å². The maximum absolute atomic E-state index is 11.7. The van der Waals surface area contributed by atoms with Crippen LogP contribution in [0.15, 0.2) is 42.5 Å². The van der Waals surface area contributed by atoms with E-state index < -0.39 is 16.0 Å². The van der Waals surface area contributed by atoms with E-state index in [9.17, 15) is 18.3 Å². The van der Waals surface area contributed by atoms with Crippen molar-refractivity contribution in [1.29, 1.82) is 0 Å². The first-order valence-electron chi connectivity index (χ1n) is 11.4. The fourth-order valence-electron chi connectivity index (χ4n) is 4.13. The van der Waals surface area contributed by atoms with Crippen molar-refractivity contribution in [2.45, 2.75) is 25.3 Å². The van der Waals surface area contributed by atoms with E-state index in [1.807, 2.05) is 29.2 Å². The molecule has 1 radical (unpaired) electrons. The molecule has 11 nitrogen and oxygen atoms in total. The zero-order chi connectivity index (χ0) is 26.6. The van der Waals surface area contributed by atoms with E-state index in [0.29, 0.717) is 39.5 Å². The Bertz CT molecular complexity index is 1470. The fourth-order valence-corrected chi connectivity index (χ4v) is 5.41. The summed E-state index contributed by atoms with van der Waals surface area (Å²) in [5.74, 6) is -0.420. The third-order valence-corrected chi connectivity index (χ3v) is 6.95. The van der Waals surface area contributed by atoms with Crippen molar-refractivity contribution in [3.8, 4) is 11.4 Å². The van der Waals surface area contributed by atoms with Crippen LogP contribution in [0, 0.1) is 16.1 Å². The largest absolute Gasteiger partial charge is 0.481 e. The number of carboxylic acid groups (broad SMARTS) is 1. The molecule has 1 fully saturated rings. The second-order valence-electron chi connectivity index (χ2n) is 8.55. The highest BCUT2D eigenvalue weighted by Gasteiger charge is 2.25. The molecule has 197 valence electrons. The van der Waals surface area contributed by atoms with Gasteiger partial charge < -0.3 is 20.1 Å². The maximum atomic E-state index is 11.7. The summed E-state index contributed by atoms with van der Waals surface area (Å²) < 4.78 is 34.5. The molecule has 4 rings (SSSR count). The smallest absolute Gasteiger partial charge is 0.307 e. The van der Waals surface area contributed by atoms with Gasteiger partial charge in [-0.05, 0) is 67.1 Å². The van der Waals surface area contributed by atoms with Crippen molar-refractivity contribution in [2.24, 2.45) is 0 Å². The van der Waals surface area contributed by atoms with Crippen LogP contribution >= 0.6 is 24.4 Å². The van der Waals surface area contributed by atoms with Crippen molar-refractivity contribution in [3.05, 3.63) is 64.1 Å². The molecule has 0 bridgehead atoms. The monoisotopic (exact) mass is 563 g/mol. The Morgan fingerprint density at radius 2 is 1.95 bits per heavy atom. The lowest BCUT2D eigenvalue weighted by Crippen LogP contribution is -2.44. The minimum absolute atomic E-state index is 0.147. The molecule has 0 saturated carbocycles. The van der Waals surface area contributed by atoms with E-state index in [1.54, 1.807) is 29.3 Å². The quantitative estimate of drug-likeness (QED) is 0.185. The number of rotatable bonds is 10. The Morgan fingerprint density at radius 1 is 1.19 bits per heavy atom. The van der Waals surface area contributed by atoms with Crippen molar-refractivity contribution in [1.82, 2.24) is 19.5 Å². The molecule has 0 amide bonds. The van der Waals surface area contributed by atoms with Gasteiger partial charge in [-0.15, -0.1) is 0 Å². The summed E-state index contributed by atoms with van der Waals surface area (Å²) in [7, 11) is -3.38. The van der Waals surface area contributed by atoms with Crippen molar-refractivity contribution in [3.63, 3.8) is 0 Å². The number of nitrogens with one attached hydrogen (secondary N) is 4. The standard InChI is InChI=1S/C23H27N6O5S3/c1-37(32,33)27-17-5-3-9-28(13-17)20-12-19(8-7-15(20)10-21(30)31)34-14-24-16-4-2-6-18(11-16)29-22(35)25-26-23(29)36/h2,4,6-8,11-13,17,24,27H,3,5,9-10,14H2,1H3,(H,25,35)(H,26,36)(H,30,31). The molecular weight excluding hydrogens is 536 g/mol. The minimum Gasteiger partial charge on any atom is -0.481 e.